The summed E-state index contributed by atoms with van der Waals surface area (Å²) in [5, 5.41) is 25.0. The van der Waals surface area contributed by atoms with Gasteiger partial charge in [0.25, 0.3) is 0 Å². The predicted octanol–water partition coefficient (Wildman–Crippen LogP) is 1.57. The summed E-state index contributed by atoms with van der Waals surface area (Å²) >= 11 is 0. The lowest BCUT2D eigenvalue weighted by atomic mass is 9.91. The van der Waals surface area contributed by atoms with E-state index < -0.39 is 5.41 Å². The molecular formula is C19H23N7O. The van der Waals surface area contributed by atoms with Gasteiger partial charge in [0, 0.05) is 25.3 Å². The van der Waals surface area contributed by atoms with Crippen molar-refractivity contribution < 1.29 is 4.79 Å². The maximum Gasteiger partial charge on any atom is 0.243 e. The number of fused-ring (bicyclic) bond motifs is 1. The van der Waals surface area contributed by atoms with Crippen LogP contribution in [0.1, 0.15) is 31.7 Å². The third-order valence-corrected chi connectivity index (χ3v) is 5.80. The topological polar surface area (TPSA) is 123 Å². The molecule has 4 rings (SSSR count). The Morgan fingerprint density at radius 3 is 2.96 bits per heavy atom. The van der Waals surface area contributed by atoms with E-state index in [1.165, 1.54) is 0 Å². The Hall–Kier alpha value is -3.08. The molecular weight excluding hydrogens is 342 g/mol. The maximum absolute atomic E-state index is 12.8. The van der Waals surface area contributed by atoms with Crippen LogP contribution in [0.25, 0.3) is 5.52 Å². The maximum atomic E-state index is 12.8. The van der Waals surface area contributed by atoms with E-state index in [0.717, 1.165) is 17.6 Å². The molecule has 0 radical (unpaired) electrons. The molecule has 2 aromatic heterocycles. The molecule has 8 heteroatoms. The number of carbonyl (C=O) groups excluding carboxylic acids is 1. The number of hydrogen-bond donors (Lipinski definition) is 3. The van der Waals surface area contributed by atoms with Crippen molar-refractivity contribution in [3.63, 3.8) is 0 Å². The van der Waals surface area contributed by atoms with E-state index in [2.05, 4.69) is 23.4 Å². The van der Waals surface area contributed by atoms with E-state index in [1.807, 2.05) is 23.2 Å². The van der Waals surface area contributed by atoms with E-state index in [-0.39, 0.29) is 17.8 Å². The molecule has 2 atom stereocenters. The van der Waals surface area contributed by atoms with E-state index in [1.54, 1.807) is 10.7 Å². The first-order valence-electron chi connectivity index (χ1n) is 9.23. The van der Waals surface area contributed by atoms with Crippen LogP contribution in [0.15, 0.2) is 24.5 Å². The highest BCUT2D eigenvalue weighted by Crippen LogP contribution is 2.47. The summed E-state index contributed by atoms with van der Waals surface area (Å²) < 4.78 is 1.74. The van der Waals surface area contributed by atoms with Gasteiger partial charge in [-0.05, 0) is 37.3 Å². The van der Waals surface area contributed by atoms with Gasteiger partial charge in [-0.3, -0.25) is 10.2 Å². The molecule has 1 aliphatic heterocycles. The fourth-order valence-corrected chi connectivity index (χ4v) is 3.78. The van der Waals surface area contributed by atoms with Crippen molar-refractivity contribution in [3.05, 3.63) is 30.1 Å². The fraction of sp³-hybridized carbons (Fsp3) is 0.474. The van der Waals surface area contributed by atoms with Crippen LogP contribution in [-0.4, -0.2) is 45.4 Å². The first kappa shape index (κ1) is 17.3. The molecule has 27 heavy (non-hydrogen) atoms. The molecule has 1 saturated heterocycles. The van der Waals surface area contributed by atoms with Gasteiger partial charge in [0.05, 0.1) is 29.0 Å². The SMILES string of the molecule is CC1CCN(C(=O)C2(C#N)CC2)CC1Nc1c(C(=N)N)cnn2cccc12. The second-order valence-electron chi connectivity index (χ2n) is 7.65. The Morgan fingerprint density at radius 1 is 1.52 bits per heavy atom. The highest BCUT2D eigenvalue weighted by atomic mass is 16.2. The van der Waals surface area contributed by atoms with Crippen LogP contribution < -0.4 is 11.1 Å². The minimum atomic E-state index is -0.791. The highest BCUT2D eigenvalue weighted by molar-refractivity contribution is 6.03. The van der Waals surface area contributed by atoms with Gasteiger partial charge in [-0.1, -0.05) is 6.92 Å². The molecule has 2 aromatic rings. The van der Waals surface area contributed by atoms with E-state index >= 15 is 0 Å². The van der Waals surface area contributed by atoms with E-state index in [9.17, 15) is 10.1 Å². The van der Waals surface area contributed by atoms with Crippen LogP contribution >= 0.6 is 0 Å². The van der Waals surface area contributed by atoms with Crippen LogP contribution in [0.2, 0.25) is 0 Å². The zero-order valence-electron chi connectivity index (χ0n) is 15.3. The average molecular weight is 365 g/mol. The standard InChI is InChI=1S/C19H23N7O/c1-12-4-8-25(18(27)19(11-20)5-6-19)10-14(12)24-16-13(17(21)22)9-23-26-7-2-3-15(16)26/h2-3,7,9,12,14,24H,4-6,8,10H2,1H3,(H3,21,22). The van der Waals surface area contributed by atoms with Crippen molar-refractivity contribution in [2.45, 2.75) is 32.2 Å². The first-order chi connectivity index (χ1) is 12.9. The molecule has 1 saturated carbocycles. The summed E-state index contributed by atoms with van der Waals surface area (Å²) in [6.45, 7) is 3.37. The zero-order chi connectivity index (χ0) is 19.2. The van der Waals surface area contributed by atoms with Crippen molar-refractivity contribution in [2.75, 3.05) is 18.4 Å². The van der Waals surface area contributed by atoms with E-state index in [4.69, 9.17) is 11.1 Å². The second kappa shape index (κ2) is 6.27. The fourth-order valence-electron chi connectivity index (χ4n) is 3.78. The van der Waals surface area contributed by atoms with Crippen LogP contribution in [0.4, 0.5) is 5.69 Å². The largest absolute Gasteiger partial charge is 0.384 e. The number of nitrogens with one attached hydrogen (secondary N) is 2. The molecule has 3 heterocycles. The van der Waals surface area contributed by atoms with Crippen LogP contribution in [0.3, 0.4) is 0 Å². The Bertz CT molecular complexity index is 953. The van der Waals surface area contributed by atoms with Crippen molar-refractivity contribution in [1.82, 2.24) is 14.5 Å². The van der Waals surface area contributed by atoms with Crippen molar-refractivity contribution >= 4 is 22.9 Å². The van der Waals surface area contributed by atoms with Crippen LogP contribution in [0.5, 0.6) is 0 Å². The summed E-state index contributed by atoms with van der Waals surface area (Å²) in [4.78, 5) is 14.6. The smallest absolute Gasteiger partial charge is 0.243 e. The van der Waals surface area contributed by atoms with Gasteiger partial charge in [-0.15, -0.1) is 0 Å². The summed E-state index contributed by atoms with van der Waals surface area (Å²) in [5.74, 6) is 0.249. The minimum Gasteiger partial charge on any atom is -0.384 e. The lowest BCUT2D eigenvalue weighted by Gasteiger charge is -2.39. The number of anilines is 1. The monoisotopic (exact) mass is 365 g/mol. The number of hydrogen-bond acceptors (Lipinski definition) is 5. The number of nitrogens with zero attached hydrogens (tertiary/aromatic N) is 4. The summed E-state index contributed by atoms with van der Waals surface area (Å²) in [5.41, 5.74) is 7.13. The zero-order valence-corrected chi connectivity index (χ0v) is 15.3. The van der Waals surface area contributed by atoms with Gasteiger partial charge in [-0.2, -0.15) is 10.4 Å². The minimum absolute atomic E-state index is 0.0105. The van der Waals surface area contributed by atoms with Gasteiger partial charge >= 0.3 is 0 Å². The number of amides is 1. The van der Waals surface area contributed by atoms with E-state index in [0.29, 0.717) is 37.4 Å². The van der Waals surface area contributed by atoms with Gasteiger partial charge < -0.3 is 16.0 Å². The highest BCUT2D eigenvalue weighted by Gasteiger charge is 2.53. The van der Waals surface area contributed by atoms with Gasteiger partial charge in [0.1, 0.15) is 11.3 Å². The number of rotatable bonds is 4. The Balaban J connectivity index is 1.62. The number of piperidine rings is 1. The van der Waals surface area contributed by atoms with Gasteiger partial charge in [0.2, 0.25) is 5.91 Å². The predicted molar refractivity (Wildman–Crippen MR) is 101 cm³/mol. The molecule has 0 bridgehead atoms. The van der Waals surface area contributed by atoms with Crippen LogP contribution in [0, 0.1) is 28.1 Å². The van der Waals surface area contributed by atoms with Gasteiger partial charge in [-0.25, -0.2) is 4.52 Å². The molecule has 1 aliphatic carbocycles. The lowest BCUT2D eigenvalue weighted by Crippen LogP contribution is -2.51. The molecule has 8 nitrogen and oxygen atoms in total. The third-order valence-electron chi connectivity index (χ3n) is 5.80. The first-order valence-corrected chi connectivity index (χ1v) is 9.23. The molecule has 140 valence electrons. The summed E-state index contributed by atoms with van der Waals surface area (Å²) in [6, 6.07) is 6.03. The number of nitriles is 1. The van der Waals surface area contributed by atoms with Crippen molar-refractivity contribution in [1.29, 1.82) is 10.7 Å². The van der Waals surface area contributed by atoms with Crippen LogP contribution in [-0.2, 0) is 4.79 Å². The number of nitrogen functional groups attached to an aromatic ring is 1. The quantitative estimate of drug-likeness (QED) is 0.560. The number of carbonyl (C=O) groups is 1. The Morgan fingerprint density at radius 2 is 2.30 bits per heavy atom. The number of aromatic nitrogens is 2. The molecule has 2 unspecified atom stereocenters. The molecule has 2 fully saturated rings. The summed E-state index contributed by atoms with van der Waals surface area (Å²) in [6.07, 6.45) is 5.62. The normalized spacial score (nSPS) is 23.6. The molecule has 4 N–H and O–H groups in total. The Labute approximate surface area is 157 Å². The van der Waals surface area contributed by atoms with Crippen molar-refractivity contribution in [2.24, 2.45) is 17.1 Å². The molecule has 1 amide bonds. The number of nitrogens with two attached hydrogens (primary N) is 1. The Kier molecular flexibility index (Phi) is 4.02. The second-order valence-corrected chi connectivity index (χ2v) is 7.65. The van der Waals surface area contributed by atoms with Crippen molar-refractivity contribution in [3.8, 4) is 6.07 Å². The third kappa shape index (κ3) is 2.89. The number of likely N-dealkylation sites (tertiary alicyclic amines) is 1. The number of amidine groups is 1. The lowest BCUT2D eigenvalue weighted by molar-refractivity contribution is -0.136. The van der Waals surface area contributed by atoms with Gasteiger partial charge in [0.15, 0.2) is 0 Å². The summed E-state index contributed by atoms with van der Waals surface area (Å²) in [7, 11) is 0. The average Bonchev–Trinajstić information content (AvgIpc) is 3.31. The molecule has 2 aliphatic rings. The molecule has 0 aromatic carbocycles. The molecule has 0 spiro atoms.